The lowest BCUT2D eigenvalue weighted by molar-refractivity contribution is -0.118. The average molecular weight is 640 g/mol. The van der Waals surface area contributed by atoms with Gasteiger partial charge in [0.05, 0.1) is 17.8 Å². The maximum atomic E-state index is 13.9. The second-order valence-electron chi connectivity index (χ2n) is 11.7. The van der Waals surface area contributed by atoms with Gasteiger partial charge >= 0.3 is 0 Å². The molecule has 0 unspecified atom stereocenters. The number of pyridine rings is 1. The molecular formula is C34H37N7O4S. The molecular weight excluding hydrogens is 602 g/mol. The minimum atomic E-state index is -3.89. The highest BCUT2D eigenvalue weighted by Crippen LogP contribution is 2.36. The highest BCUT2D eigenvalue weighted by atomic mass is 32.2. The second-order valence-corrected chi connectivity index (χ2v) is 13.6. The van der Waals surface area contributed by atoms with E-state index in [9.17, 15) is 13.2 Å². The van der Waals surface area contributed by atoms with E-state index in [1.165, 1.54) is 10.6 Å². The third-order valence-corrected chi connectivity index (χ3v) is 10.6. The predicted molar refractivity (Wildman–Crippen MR) is 173 cm³/mol. The van der Waals surface area contributed by atoms with Crippen molar-refractivity contribution in [3.05, 3.63) is 101 Å². The molecule has 4 heterocycles. The van der Waals surface area contributed by atoms with E-state index in [0.29, 0.717) is 18.7 Å². The van der Waals surface area contributed by atoms with Crippen LogP contribution in [0.1, 0.15) is 66.1 Å². The molecule has 12 heteroatoms. The number of benzene rings is 2. The van der Waals surface area contributed by atoms with Crippen LogP contribution >= 0.6 is 0 Å². The predicted octanol–water partition coefficient (Wildman–Crippen LogP) is 4.95. The quantitative estimate of drug-likeness (QED) is 0.208. The molecule has 0 saturated heterocycles. The van der Waals surface area contributed by atoms with E-state index in [0.717, 1.165) is 38.9 Å². The minimum absolute atomic E-state index is 0.0321. The Balaban J connectivity index is 1.40. The van der Waals surface area contributed by atoms with E-state index >= 15 is 0 Å². The zero-order chi connectivity index (χ0) is 32.4. The van der Waals surface area contributed by atoms with Crippen LogP contribution < -0.4 is 4.74 Å². The van der Waals surface area contributed by atoms with Crippen molar-refractivity contribution in [3.8, 4) is 5.88 Å². The molecule has 3 aromatic heterocycles. The highest BCUT2D eigenvalue weighted by molar-refractivity contribution is 7.89. The van der Waals surface area contributed by atoms with Gasteiger partial charge in [-0.15, -0.1) is 5.10 Å². The molecule has 6 rings (SSSR count). The lowest BCUT2D eigenvalue weighted by Gasteiger charge is -2.25. The number of Topliss-reactive ketones (excluding diaryl/α,β-unsaturated/α-hetero) is 1. The lowest BCUT2D eigenvalue weighted by Crippen LogP contribution is -2.36. The first-order valence-electron chi connectivity index (χ1n) is 15.5. The molecule has 2 aromatic carbocycles. The van der Waals surface area contributed by atoms with Gasteiger partial charge in [-0.1, -0.05) is 36.4 Å². The summed E-state index contributed by atoms with van der Waals surface area (Å²) in [5.41, 5.74) is 7.06. The topological polar surface area (TPSA) is 133 Å². The Hall–Kier alpha value is -4.55. The van der Waals surface area contributed by atoms with E-state index in [1.807, 2.05) is 56.6 Å². The van der Waals surface area contributed by atoms with Crippen LogP contribution in [-0.4, -0.2) is 61.1 Å². The van der Waals surface area contributed by atoms with E-state index < -0.39 is 10.0 Å². The Kier molecular flexibility index (Phi) is 8.92. The molecule has 46 heavy (non-hydrogen) atoms. The minimum Gasteiger partial charge on any atom is -0.472 e. The third kappa shape index (κ3) is 6.14. The molecule has 0 radical (unpaired) electrons. The number of hydrogen-bond donors (Lipinski definition) is 0. The first-order valence-corrected chi connectivity index (χ1v) is 16.9. The Morgan fingerprint density at radius 2 is 1.91 bits per heavy atom. The maximum absolute atomic E-state index is 13.9. The molecule has 0 bridgehead atoms. The van der Waals surface area contributed by atoms with Crippen molar-refractivity contribution in [2.24, 2.45) is 0 Å². The van der Waals surface area contributed by atoms with Gasteiger partial charge in [0.1, 0.15) is 28.6 Å². The third-order valence-electron chi connectivity index (χ3n) is 8.73. The van der Waals surface area contributed by atoms with Crippen LogP contribution in [0.15, 0.2) is 72.1 Å². The van der Waals surface area contributed by atoms with Gasteiger partial charge in [-0.05, 0) is 79.3 Å². The van der Waals surface area contributed by atoms with Crippen LogP contribution in [-0.2, 0) is 34.3 Å². The summed E-state index contributed by atoms with van der Waals surface area (Å²) in [6, 6.07) is 15.0. The van der Waals surface area contributed by atoms with Crippen molar-refractivity contribution in [2.45, 2.75) is 77.0 Å². The fourth-order valence-corrected chi connectivity index (χ4v) is 7.60. The SMILES string of the molecule is CC[C@@H]1CN(Cc2cc([C@H](CC(=O)Cc3ccncn3)c3ccc4c(nnn4CC)c3C)ccc2C)S(=O)(=O)c2cccnc2O1. The van der Waals surface area contributed by atoms with Gasteiger partial charge in [0.15, 0.2) is 0 Å². The largest absolute Gasteiger partial charge is 0.472 e. The number of ketones is 1. The summed E-state index contributed by atoms with van der Waals surface area (Å²) in [6.07, 6.45) is 5.32. The summed E-state index contributed by atoms with van der Waals surface area (Å²) in [5.74, 6) is -0.137. The van der Waals surface area contributed by atoms with Crippen molar-refractivity contribution < 1.29 is 17.9 Å². The fourth-order valence-electron chi connectivity index (χ4n) is 6.08. The van der Waals surface area contributed by atoms with Crippen molar-refractivity contribution in [1.82, 2.24) is 34.3 Å². The van der Waals surface area contributed by atoms with Gasteiger partial charge in [0, 0.05) is 44.2 Å². The molecule has 0 amide bonds. The number of carbonyl (C=O) groups excluding carboxylic acids is 1. The number of ether oxygens (including phenoxy) is 1. The van der Waals surface area contributed by atoms with Crippen molar-refractivity contribution >= 4 is 26.8 Å². The van der Waals surface area contributed by atoms with Crippen LogP contribution in [0.3, 0.4) is 0 Å². The monoisotopic (exact) mass is 639 g/mol. The number of nitrogens with zero attached hydrogens (tertiary/aromatic N) is 7. The Bertz CT molecular complexity index is 2000. The molecule has 2 atom stereocenters. The average Bonchev–Trinajstić information content (AvgIpc) is 3.45. The summed E-state index contributed by atoms with van der Waals surface area (Å²) in [7, 11) is -3.89. The standard InChI is InChI=1S/C34H37N7O4S/c1-5-28-20-40(46(43,44)32-8-7-14-36-34(32)45-28)19-25-16-24(10-9-22(25)3)30(18-27(42)17-26-13-15-35-21-37-26)29-11-12-31-33(23(29)4)38-39-41(31)6-2/h7-16,21,28,30H,5-6,17-20H2,1-4H3/t28-,30+/m1/s1. The number of aromatic nitrogens is 6. The summed E-state index contributed by atoms with van der Waals surface area (Å²) >= 11 is 0. The summed E-state index contributed by atoms with van der Waals surface area (Å²) in [5, 5.41) is 8.78. The van der Waals surface area contributed by atoms with Crippen LogP contribution in [0.2, 0.25) is 0 Å². The van der Waals surface area contributed by atoms with Gasteiger partial charge < -0.3 is 4.74 Å². The molecule has 0 fully saturated rings. The molecule has 0 aliphatic carbocycles. The Morgan fingerprint density at radius 3 is 2.67 bits per heavy atom. The first kappa shape index (κ1) is 31.4. The van der Waals surface area contributed by atoms with Gasteiger partial charge in [-0.3, -0.25) is 4.79 Å². The van der Waals surface area contributed by atoms with Crippen LogP contribution in [0.5, 0.6) is 5.88 Å². The molecule has 0 N–H and O–H groups in total. The molecule has 1 aliphatic rings. The number of rotatable bonds is 10. The highest BCUT2D eigenvalue weighted by Gasteiger charge is 2.35. The van der Waals surface area contributed by atoms with Crippen LogP contribution in [0.4, 0.5) is 0 Å². The van der Waals surface area contributed by atoms with Crippen LogP contribution in [0.25, 0.3) is 11.0 Å². The summed E-state index contributed by atoms with van der Waals surface area (Å²) in [4.78, 5) is 26.1. The number of carbonyl (C=O) groups is 1. The van der Waals surface area contributed by atoms with Crippen LogP contribution in [0, 0.1) is 13.8 Å². The zero-order valence-electron chi connectivity index (χ0n) is 26.4. The molecule has 11 nitrogen and oxygen atoms in total. The molecule has 5 aromatic rings. The first-order chi connectivity index (χ1) is 22.2. The van der Waals surface area contributed by atoms with Gasteiger partial charge in [-0.2, -0.15) is 4.31 Å². The Morgan fingerprint density at radius 1 is 1.07 bits per heavy atom. The summed E-state index contributed by atoms with van der Waals surface area (Å²) < 4.78 is 37.1. The van der Waals surface area contributed by atoms with Gasteiger partial charge in [0.25, 0.3) is 0 Å². The van der Waals surface area contributed by atoms with Crippen molar-refractivity contribution in [2.75, 3.05) is 6.54 Å². The van der Waals surface area contributed by atoms with Gasteiger partial charge in [-0.25, -0.2) is 28.1 Å². The van der Waals surface area contributed by atoms with Gasteiger partial charge in [0.2, 0.25) is 15.9 Å². The normalized spacial score (nSPS) is 16.8. The van der Waals surface area contributed by atoms with E-state index in [2.05, 4.69) is 31.3 Å². The van der Waals surface area contributed by atoms with Crippen molar-refractivity contribution in [3.63, 3.8) is 0 Å². The summed E-state index contributed by atoms with van der Waals surface area (Å²) in [6.45, 7) is 9.03. The van der Waals surface area contributed by atoms with E-state index in [1.54, 1.807) is 30.6 Å². The molecule has 238 valence electrons. The Labute approximate surface area is 268 Å². The molecule has 0 spiro atoms. The smallest absolute Gasteiger partial charge is 0.248 e. The lowest BCUT2D eigenvalue weighted by atomic mass is 9.82. The van der Waals surface area contributed by atoms with Crippen molar-refractivity contribution in [1.29, 1.82) is 0 Å². The zero-order valence-corrected chi connectivity index (χ0v) is 27.2. The van der Waals surface area contributed by atoms with E-state index in [4.69, 9.17) is 4.74 Å². The molecule has 0 saturated carbocycles. The molecule has 1 aliphatic heterocycles. The number of aryl methyl sites for hydroxylation is 3. The number of sulfonamides is 1. The second kappa shape index (κ2) is 13.1. The fraction of sp³-hybridized carbons (Fsp3) is 0.353. The van der Waals surface area contributed by atoms with E-state index in [-0.39, 0.29) is 54.5 Å². The maximum Gasteiger partial charge on any atom is 0.248 e. The number of fused-ring (bicyclic) bond motifs is 2. The number of hydrogen-bond acceptors (Lipinski definition) is 9.